The number of aliphatic imine (C=N–C) groups is 2. The van der Waals surface area contributed by atoms with Crippen LogP contribution in [0.25, 0.3) is 0 Å². The molecule has 0 saturated heterocycles. The number of phenols is 2. The topological polar surface area (TPSA) is 83.6 Å². The minimum absolute atomic E-state index is 0. The molecule has 7 heteroatoms. The Kier molecular flexibility index (Phi) is 11.6. The first-order valence-electron chi connectivity index (χ1n) is 11.6. The standard InChI is InChI=1S/C28H40N2O4.Ni/c1-27(2,3)21-13-9-11-19(25(21)31)15-29-23(17-33-7)24(18-34-8)30-16-20-12-10-14-22(26(20)32)28(4,5)6;/h9-16,23-24,31-32H,17-18H2,1-8H3;/t23-,24-;/m1./s1. The first kappa shape index (κ1) is 30.8. The molecule has 0 fully saturated rings. The molecule has 0 bridgehead atoms. The zero-order valence-corrected chi connectivity index (χ0v) is 23.1. The van der Waals surface area contributed by atoms with Crippen LogP contribution in [0, 0.1) is 0 Å². The normalized spacial score (nSPS) is 14.3. The van der Waals surface area contributed by atoms with E-state index in [0.717, 1.165) is 11.1 Å². The maximum absolute atomic E-state index is 10.8. The van der Waals surface area contributed by atoms with Crippen molar-refractivity contribution in [2.75, 3.05) is 27.4 Å². The Morgan fingerprint density at radius 3 is 1.34 bits per heavy atom. The van der Waals surface area contributed by atoms with E-state index in [4.69, 9.17) is 19.5 Å². The van der Waals surface area contributed by atoms with E-state index in [9.17, 15) is 10.2 Å². The second kappa shape index (κ2) is 13.2. The molecule has 0 aliphatic carbocycles. The van der Waals surface area contributed by atoms with Crippen LogP contribution in [0.5, 0.6) is 11.5 Å². The van der Waals surface area contributed by atoms with Crippen molar-refractivity contribution in [2.24, 2.45) is 9.98 Å². The summed E-state index contributed by atoms with van der Waals surface area (Å²) in [6, 6.07) is 10.7. The molecule has 0 heterocycles. The van der Waals surface area contributed by atoms with Gasteiger partial charge in [-0.15, -0.1) is 0 Å². The fraction of sp³-hybridized carbons (Fsp3) is 0.500. The Hall–Kier alpha value is -2.21. The number of aromatic hydroxyl groups is 2. The van der Waals surface area contributed by atoms with Crippen LogP contribution in [0.15, 0.2) is 46.4 Å². The van der Waals surface area contributed by atoms with Gasteiger partial charge in [0.15, 0.2) is 0 Å². The number of nitrogens with zero attached hydrogens (tertiary/aromatic N) is 2. The minimum Gasteiger partial charge on any atom is -0.507 e. The van der Waals surface area contributed by atoms with E-state index in [2.05, 4.69) is 41.5 Å². The van der Waals surface area contributed by atoms with Gasteiger partial charge >= 0.3 is 0 Å². The van der Waals surface area contributed by atoms with Gasteiger partial charge in [0.25, 0.3) is 0 Å². The van der Waals surface area contributed by atoms with Gasteiger partial charge in [-0.1, -0.05) is 65.8 Å². The summed E-state index contributed by atoms with van der Waals surface area (Å²) in [6.07, 6.45) is 3.34. The average Bonchev–Trinajstić information content (AvgIpc) is 2.74. The predicted octanol–water partition coefficient (Wildman–Crippen LogP) is 5.26. The summed E-state index contributed by atoms with van der Waals surface area (Å²) in [5.41, 5.74) is 2.63. The monoisotopic (exact) mass is 526 g/mol. The van der Waals surface area contributed by atoms with Crippen molar-refractivity contribution < 1.29 is 36.2 Å². The molecule has 35 heavy (non-hydrogen) atoms. The van der Waals surface area contributed by atoms with Crippen LogP contribution in [-0.4, -0.2) is 62.2 Å². The van der Waals surface area contributed by atoms with Gasteiger partial charge in [-0.05, 0) is 34.1 Å². The molecule has 2 atom stereocenters. The van der Waals surface area contributed by atoms with E-state index in [1.54, 1.807) is 26.6 Å². The molecule has 2 N–H and O–H groups in total. The van der Waals surface area contributed by atoms with E-state index < -0.39 is 0 Å². The van der Waals surface area contributed by atoms with Crippen molar-refractivity contribution in [2.45, 2.75) is 64.5 Å². The van der Waals surface area contributed by atoms with Crippen molar-refractivity contribution >= 4 is 12.4 Å². The fourth-order valence-corrected chi connectivity index (χ4v) is 3.74. The summed E-state index contributed by atoms with van der Waals surface area (Å²) in [4.78, 5) is 9.42. The number of para-hydroxylation sites is 2. The molecule has 0 amide bonds. The third kappa shape index (κ3) is 8.45. The zero-order chi connectivity index (χ0) is 25.5. The second-order valence-corrected chi connectivity index (χ2v) is 10.6. The van der Waals surface area contributed by atoms with Crippen LogP contribution < -0.4 is 0 Å². The van der Waals surface area contributed by atoms with Crippen LogP contribution in [0.4, 0.5) is 0 Å². The number of ether oxygens (including phenoxy) is 2. The Morgan fingerprint density at radius 2 is 1.06 bits per heavy atom. The molecule has 0 aliphatic rings. The molecule has 6 nitrogen and oxygen atoms in total. The molecule has 0 saturated carbocycles. The van der Waals surface area contributed by atoms with Crippen molar-refractivity contribution in [3.8, 4) is 11.5 Å². The van der Waals surface area contributed by atoms with Crippen LogP contribution in [0.1, 0.15) is 63.8 Å². The Labute approximate surface area is 220 Å². The third-order valence-corrected chi connectivity index (χ3v) is 5.68. The maximum atomic E-state index is 10.8. The van der Waals surface area contributed by atoms with Crippen molar-refractivity contribution in [1.82, 2.24) is 0 Å². The molecular weight excluding hydrogens is 487 g/mol. The summed E-state index contributed by atoms with van der Waals surface area (Å²) >= 11 is 0. The fourth-order valence-electron chi connectivity index (χ4n) is 3.74. The Balaban J connectivity index is 0.00000612. The molecule has 0 aromatic heterocycles. The molecule has 0 radical (unpaired) electrons. The molecule has 0 aliphatic heterocycles. The summed E-state index contributed by atoms with van der Waals surface area (Å²) in [5.74, 6) is 0.455. The molecule has 2 aromatic rings. The Bertz CT molecular complexity index is 925. The van der Waals surface area contributed by atoms with E-state index in [1.807, 2.05) is 36.4 Å². The molecule has 196 valence electrons. The number of rotatable bonds is 9. The molecule has 2 aromatic carbocycles. The SMILES string of the molecule is COC[C@@H](N=Cc1cccc(C(C)(C)C)c1O)[C@@H](COC)N=Cc1cccc(C(C)(C)C)c1O.[Ni]. The maximum Gasteiger partial charge on any atom is 0.128 e. The van der Waals surface area contributed by atoms with Crippen LogP contribution >= 0.6 is 0 Å². The average molecular weight is 527 g/mol. The van der Waals surface area contributed by atoms with E-state index in [1.165, 1.54) is 0 Å². The van der Waals surface area contributed by atoms with Gasteiger partial charge < -0.3 is 19.7 Å². The molecule has 0 unspecified atom stereocenters. The van der Waals surface area contributed by atoms with Gasteiger partial charge in [0.1, 0.15) is 11.5 Å². The first-order valence-corrected chi connectivity index (χ1v) is 11.6. The third-order valence-electron chi connectivity index (χ3n) is 5.68. The van der Waals surface area contributed by atoms with Crippen molar-refractivity contribution in [1.29, 1.82) is 0 Å². The predicted molar refractivity (Wildman–Crippen MR) is 140 cm³/mol. The molecule has 2 rings (SSSR count). The van der Waals surface area contributed by atoms with Crippen LogP contribution in [0.2, 0.25) is 0 Å². The zero-order valence-electron chi connectivity index (χ0n) is 22.1. The number of phenolic OH excluding ortho intramolecular Hbond substituents is 2. The van der Waals surface area contributed by atoms with Gasteiger partial charge in [0.2, 0.25) is 0 Å². The van der Waals surface area contributed by atoms with Crippen LogP contribution in [-0.2, 0) is 36.8 Å². The van der Waals surface area contributed by atoms with E-state index in [-0.39, 0.29) is 50.9 Å². The second-order valence-electron chi connectivity index (χ2n) is 10.6. The number of hydrogen-bond acceptors (Lipinski definition) is 6. The minimum atomic E-state index is -0.341. The smallest absolute Gasteiger partial charge is 0.128 e. The summed E-state index contributed by atoms with van der Waals surface area (Å²) in [5, 5.41) is 21.6. The van der Waals surface area contributed by atoms with Gasteiger partial charge in [-0.2, -0.15) is 0 Å². The van der Waals surface area contributed by atoms with E-state index in [0.29, 0.717) is 24.3 Å². The number of hydrogen-bond donors (Lipinski definition) is 2. The van der Waals surface area contributed by atoms with Crippen LogP contribution in [0.3, 0.4) is 0 Å². The molecule has 0 spiro atoms. The first-order chi connectivity index (χ1) is 15.9. The van der Waals surface area contributed by atoms with Crippen molar-refractivity contribution in [3.63, 3.8) is 0 Å². The van der Waals surface area contributed by atoms with Gasteiger partial charge in [0, 0.05) is 54.3 Å². The summed E-state index contributed by atoms with van der Waals surface area (Å²) in [6.45, 7) is 13.0. The summed E-state index contributed by atoms with van der Waals surface area (Å²) in [7, 11) is 3.23. The number of methoxy groups -OCH3 is 2. The largest absolute Gasteiger partial charge is 0.507 e. The van der Waals surface area contributed by atoms with Gasteiger partial charge in [0.05, 0.1) is 25.3 Å². The summed E-state index contributed by atoms with van der Waals surface area (Å²) < 4.78 is 10.8. The van der Waals surface area contributed by atoms with Crippen molar-refractivity contribution in [3.05, 3.63) is 58.7 Å². The van der Waals surface area contributed by atoms with Gasteiger partial charge in [-0.3, -0.25) is 9.98 Å². The molecular formula is C28H40N2NiO4. The number of benzene rings is 2. The quantitative estimate of drug-likeness (QED) is 0.345. The Morgan fingerprint density at radius 1 is 0.714 bits per heavy atom. The van der Waals surface area contributed by atoms with E-state index >= 15 is 0 Å². The van der Waals surface area contributed by atoms with Gasteiger partial charge in [-0.25, -0.2) is 0 Å².